The number of aromatic nitrogens is 1. The fraction of sp³-hybridized carbons (Fsp3) is 0.400. The number of rotatable bonds is 6. The number of hydrogen-bond acceptors (Lipinski definition) is 5. The van der Waals surface area contributed by atoms with Gasteiger partial charge in [0, 0.05) is 30.9 Å². The highest BCUT2D eigenvalue weighted by Gasteiger charge is 2.19. The molecule has 0 fully saturated rings. The highest BCUT2D eigenvalue weighted by atomic mass is 35.5. The standard InChI is InChI=1S/C10H14ClN3O4S/c1-14(6-4-10(15)18-2)19(16,17)13-9-7-8(11)3-5-12-9/h3,5,7H,4,6H2,1-2H3,(H,12,13). The highest BCUT2D eigenvalue weighted by molar-refractivity contribution is 7.90. The largest absolute Gasteiger partial charge is 0.469 e. The minimum absolute atomic E-state index is 0.00255. The van der Waals surface area contributed by atoms with Gasteiger partial charge in [0.15, 0.2) is 0 Å². The zero-order valence-electron chi connectivity index (χ0n) is 10.5. The van der Waals surface area contributed by atoms with Crippen molar-refractivity contribution < 1.29 is 17.9 Å². The van der Waals surface area contributed by atoms with Crippen LogP contribution in [0.2, 0.25) is 5.02 Å². The van der Waals surface area contributed by atoms with Crippen LogP contribution < -0.4 is 4.72 Å². The molecular weight excluding hydrogens is 294 g/mol. The third kappa shape index (κ3) is 5.01. The van der Waals surface area contributed by atoms with E-state index in [1.54, 1.807) is 0 Å². The quantitative estimate of drug-likeness (QED) is 0.788. The zero-order chi connectivity index (χ0) is 14.5. The Kier molecular flexibility index (Phi) is 5.52. The Morgan fingerprint density at radius 3 is 2.84 bits per heavy atom. The lowest BCUT2D eigenvalue weighted by Crippen LogP contribution is -2.34. The lowest BCUT2D eigenvalue weighted by Gasteiger charge is -2.17. The molecule has 1 aromatic heterocycles. The van der Waals surface area contributed by atoms with Crippen LogP contribution in [0.5, 0.6) is 0 Å². The lowest BCUT2D eigenvalue weighted by atomic mass is 10.4. The molecule has 106 valence electrons. The predicted octanol–water partition coefficient (Wildman–Crippen LogP) is 0.887. The number of carbonyl (C=O) groups is 1. The number of ether oxygens (including phenoxy) is 1. The molecule has 0 saturated carbocycles. The van der Waals surface area contributed by atoms with Crippen molar-refractivity contribution in [2.24, 2.45) is 0 Å². The third-order valence-corrected chi connectivity index (χ3v) is 3.93. The summed E-state index contributed by atoms with van der Waals surface area (Å²) in [6.45, 7) is 0.00255. The van der Waals surface area contributed by atoms with Gasteiger partial charge in [-0.25, -0.2) is 4.98 Å². The number of pyridine rings is 1. The first-order valence-corrected chi connectivity index (χ1v) is 7.09. The number of nitrogens with one attached hydrogen (secondary N) is 1. The molecule has 0 atom stereocenters. The summed E-state index contributed by atoms with van der Waals surface area (Å²) in [7, 11) is -1.20. The summed E-state index contributed by atoms with van der Waals surface area (Å²) in [6.07, 6.45) is 1.35. The van der Waals surface area contributed by atoms with Crippen molar-refractivity contribution in [3.63, 3.8) is 0 Å². The summed E-state index contributed by atoms with van der Waals surface area (Å²) in [4.78, 5) is 14.8. The molecule has 0 spiro atoms. The molecule has 7 nitrogen and oxygen atoms in total. The summed E-state index contributed by atoms with van der Waals surface area (Å²) in [6, 6.07) is 2.91. The molecule has 1 heterocycles. The van der Waals surface area contributed by atoms with Gasteiger partial charge in [-0.2, -0.15) is 12.7 Å². The van der Waals surface area contributed by atoms with E-state index in [-0.39, 0.29) is 18.8 Å². The molecule has 1 N–H and O–H groups in total. The Morgan fingerprint density at radius 1 is 1.58 bits per heavy atom. The maximum atomic E-state index is 11.9. The Labute approximate surface area is 116 Å². The van der Waals surface area contributed by atoms with Crippen LogP contribution in [0.1, 0.15) is 6.42 Å². The molecule has 19 heavy (non-hydrogen) atoms. The molecule has 1 aromatic rings. The Bertz CT molecular complexity index is 549. The smallest absolute Gasteiger partial charge is 0.306 e. The molecule has 9 heteroatoms. The average Bonchev–Trinajstić information content (AvgIpc) is 2.34. The molecule has 0 amide bonds. The van der Waals surface area contributed by atoms with Crippen molar-refractivity contribution in [1.29, 1.82) is 0 Å². The topological polar surface area (TPSA) is 88.6 Å². The third-order valence-electron chi connectivity index (χ3n) is 2.22. The highest BCUT2D eigenvalue weighted by Crippen LogP contribution is 2.14. The fourth-order valence-electron chi connectivity index (χ4n) is 1.14. The number of esters is 1. The Morgan fingerprint density at radius 2 is 2.26 bits per heavy atom. The molecule has 0 radical (unpaired) electrons. The van der Waals surface area contributed by atoms with E-state index >= 15 is 0 Å². The summed E-state index contributed by atoms with van der Waals surface area (Å²) < 4.78 is 31.5. The predicted molar refractivity (Wildman–Crippen MR) is 71.1 cm³/mol. The SMILES string of the molecule is COC(=O)CCN(C)S(=O)(=O)Nc1cc(Cl)ccn1. The van der Waals surface area contributed by atoms with Crippen LogP contribution in [0.4, 0.5) is 5.82 Å². The maximum absolute atomic E-state index is 11.9. The average molecular weight is 308 g/mol. The van der Waals surface area contributed by atoms with E-state index in [1.807, 2.05) is 0 Å². The molecule has 0 aromatic carbocycles. The lowest BCUT2D eigenvalue weighted by molar-refractivity contribution is -0.140. The first kappa shape index (κ1) is 15.7. The summed E-state index contributed by atoms with van der Waals surface area (Å²) in [5.74, 6) is -0.375. The monoisotopic (exact) mass is 307 g/mol. The van der Waals surface area contributed by atoms with Gasteiger partial charge in [0.1, 0.15) is 5.82 Å². The molecular formula is C10H14ClN3O4S. The van der Waals surface area contributed by atoms with Crippen molar-refractivity contribution >= 4 is 33.6 Å². The van der Waals surface area contributed by atoms with E-state index in [4.69, 9.17) is 11.6 Å². The van der Waals surface area contributed by atoms with Crippen LogP contribution in [0.15, 0.2) is 18.3 Å². The minimum atomic E-state index is -3.78. The summed E-state index contributed by atoms with van der Waals surface area (Å²) >= 11 is 5.73. The molecule has 0 unspecified atom stereocenters. The second-order valence-corrected chi connectivity index (χ2v) is 5.83. The van der Waals surface area contributed by atoms with E-state index in [9.17, 15) is 13.2 Å². The van der Waals surface area contributed by atoms with E-state index in [2.05, 4.69) is 14.4 Å². The molecule has 0 aliphatic heterocycles. The molecule has 0 saturated heterocycles. The van der Waals surface area contributed by atoms with Crippen molar-refractivity contribution in [3.8, 4) is 0 Å². The van der Waals surface area contributed by atoms with Crippen LogP contribution in [0.25, 0.3) is 0 Å². The van der Waals surface area contributed by atoms with Gasteiger partial charge in [-0.1, -0.05) is 11.6 Å². The van der Waals surface area contributed by atoms with Crippen LogP contribution in [0, 0.1) is 0 Å². The van der Waals surface area contributed by atoms with Crippen molar-refractivity contribution in [2.45, 2.75) is 6.42 Å². The van der Waals surface area contributed by atoms with Gasteiger partial charge in [-0.15, -0.1) is 0 Å². The number of nitrogens with zero attached hydrogens (tertiary/aromatic N) is 2. The molecule has 0 bridgehead atoms. The van der Waals surface area contributed by atoms with Gasteiger partial charge in [-0.3, -0.25) is 9.52 Å². The van der Waals surface area contributed by atoms with E-state index in [1.165, 1.54) is 32.5 Å². The van der Waals surface area contributed by atoms with Crippen LogP contribution >= 0.6 is 11.6 Å². The normalized spacial score (nSPS) is 11.4. The van der Waals surface area contributed by atoms with Gasteiger partial charge in [0.05, 0.1) is 13.5 Å². The van der Waals surface area contributed by atoms with Gasteiger partial charge in [0.2, 0.25) is 0 Å². The first-order chi connectivity index (χ1) is 8.85. The van der Waals surface area contributed by atoms with Crippen LogP contribution in [0.3, 0.4) is 0 Å². The first-order valence-electron chi connectivity index (χ1n) is 5.27. The van der Waals surface area contributed by atoms with Crippen molar-refractivity contribution in [2.75, 3.05) is 25.4 Å². The number of carbonyl (C=O) groups excluding carboxylic acids is 1. The Hall–Kier alpha value is -1.38. The number of hydrogen-bond donors (Lipinski definition) is 1. The van der Waals surface area contributed by atoms with Crippen LogP contribution in [-0.2, 0) is 19.7 Å². The van der Waals surface area contributed by atoms with E-state index < -0.39 is 16.2 Å². The van der Waals surface area contributed by atoms with Crippen molar-refractivity contribution in [3.05, 3.63) is 23.4 Å². The number of anilines is 1. The molecule has 0 aliphatic carbocycles. The van der Waals surface area contributed by atoms with E-state index in [0.717, 1.165) is 4.31 Å². The maximum Gasteiger partial charge on any atom is 0.306 e. The van der Waals surface area contributed by atoms with Gasteiger partial charge in [0.25, 0.3) is 0 Å². The number of methoxy groups -OCH3 is 1. The molecule has 1 rings (SSSR count). The Balaban J connectivity index is 2.67. The number of halogens is 1. The van der Waals surface area contributed by atoms with Crippen molar-refractivity contribution in [1.82, 2.24) is 9.29 Å². The zero-order valence-corrected chi connectivity index (χ0v) is 12.0. The molecule has 0 aliphatic rings. The second-order valence-electron chi connectivity index (χ2n) is 3.61. The second kappa shape index (κ2) is 6.69. The van der Waals surface area contributed by atoms with Gasteiger partial charge >= 0.3 is 16.2 Å². The minimum Gasteiger partial charge on any atom is -0.469 e. The van der Waals surface area contributed by atoms with Crippen LogP contribution in [-0.4, -0.2) is 44.4 Å². The van der Waals surface area contributed by atoms with Gasteiger partial charge < -0.3 is 4.74 Å². The fourth-order valence-corrected chi connectivity index (χ4v) is 2.16. The van der Waals surface area contributed by atoms with Gasteiger partial charge in [-0.05, 0) is 6.07 Å². The van der Waals surface area contributed by atoms with E-state index in [0.29, 0.717) is 5.02 Å². The summed E-state index contributed by atoms with van der Waals surface area (Å²) in [5.41, 5.74) is 0. The summed E-state index contributed by atoms with van der Waals surface area (Å²) in [5, 5.41) is 0.366.